The van der Waals surface area contributed by atoms with Crippen molar-refractivity contribution < 1.29 is 4.79 Å². The lowest BCUT2D eigenvalue weighted by Gasteiger charge is -2.37. The van der Waals surface area contributed by atoms with Gasteiger partial charge in [0.1, 0.15) is 17.5 Å². The minimum Gasteiger partial charge on any atom is -0.355 e. The van der Waals surface area contributed by atoms with Gasteiger partial charge in [-0.05, 0) is 18.1 Å². The normalized spacial score (nSPS) is 14.9. The zero-order valence-electron chi connectivity index (χ0n) is 15.1. The number of nitriles is 1. The number of hydrogen-bond acceptors (Lipinski definition) is 5. The van der Waals surface area contributed by atoms with Gasteiger partial charge in [0.05, 0.1) is 5.56 Å². The van der Waals surface area contributed by atoms with Crippen molar-refractivity contribution >= 4 is 12.1 Å². The molecule has 0 unspecified atom stereocenters. The van der Waals surface area contributed by atoms with E-state index in [1.165, 1.54) is 10.1 Å². The predicted molar refractivity (Wildman–Crippen MR) is 100 cm³/mol. The number of pyridine rings is 1. The largest absolute Gasteiger partial charge is 0.355 e. The molecule has 3 rings (SSSR count). The van der Waals surface area contributed by atoms with E-state index < -0.39 is 0 Å². The predicted octanol–water partition coefficient (Wildman–Crippen LogP) is 1.70. The Balaban J connectivity index is 1.83. The first-order valence-electron chi connectivity index (χ1n) is 8.67. The van der Waals surface area contributed by atoms with E-state index in [0.29, 0.717) is 16.9 Å². The van der Waals surface area contributed by atoms with Crippen LogP contribution < -0.4 is 10.5 Å². The number of nitrogens with zero attached hydrogens (tertiary/aromatic N) is 4. The first-order valence-corrected chi connectivity index (χ1v) is 8.67. The maximum atomic E-state index is 12.4. The molecule has 134 valence electrons. The summed E-state index contributed by atoms with van der Waals surface area (Å²) in [7, 11) is 1.63. The van der Waals surface area contributed by atoms with Crippen LogP contribution in [0, 0.1) is 18.3 Å². The minimum absolute atomic E-state index is 0.0427. The highest BCUT2D eigenvalue weighted by molar-refractivity contribution is 5.86. The zero-order chi connectivity index (χ0) is 18.7. The van der Waals surface area contributed by atoms with E-state index in [4.69, 9.17) is 0 Å². The topological polar surface area (TPSA) is 69.3 Å². The Morgan fingerprint density at radius 1 is 1.15 bits per heavy atom. The minimum atomic E-state index is -0.350. The second kappa shape index (κ2) is 7.54. The summed E-state index contributed by atoms with van der Waals surface area (Å²) in [5.74, 6) is 0.612. The van der Waals surface area contributed by atoms with Crippen molar-refractivity contribution in [1.82, 2.24) is 9.47 Å². The van der Waals surface area contributed by atoms with Crippen LogP contribution in [-0.4, -0.2) is 41.9 Å². The quantitative estimate of drug-likeness (QED) is 0.785. The molecule has 1 aromatic carbocycles. The van der Waals surface area contributed by atoms with Crippen LogP contribution in [0.1, 0.15) is 27.0 Å². The number of anilines is 1. The number of benzene rings is 1. The SMILES string of the molecule is Cc1c(C=O)c(N2CCN(Cc3ccccc3)CC2)n(C)c(=O)c1C#N. The van der Waals surface area contributed by atoms with E-state index in [1.807, 2.05) is 24.3 Å². The van der Waals surface area contributed by atoms with Gasteiger partial charge in [-0.3, -0.25) is 19.1 Å². The summed E-state index contributed by atoms with van der Waals surface area (Å²) in [4.78, 5) is 28.5. The number of aromatic nitrogens is 1. The van der Waals surface area contributed by atoms with Gasteiger partial charge in [-0.25, -0.2) is 0 Å². The molecule has 1 saturated heterocycles. The van der Waals surface area contributed by atoms with E-state index in [2.05, 4.69) is 21.9 Å². The number of carbonyl (C=O) groups excluding carboxylic acids is 1. The molecule has 0 saturated carbocycles. The lowest BCUT2D eigenvalue weighted by molar-refractivity contribution is 0.112. The van der Waals surface area contributed by atoms with Crippen molar-refractivity contribution in [3.8, 4) is 6.07 Å². The summed E-state index contributed by atoms with van der Waals surface area (Å²) in [6, 6.07) is 12.2. The van der Waals surface area contributed by atoms with Crippen LogP contribution in [0.15, 0.2) is 35.1 Å². The monoisotopic (exact) mass is 350 g/mol. The van der Waals surface area contributed by atoms with Crippen LogP contribution in [0.4, 0.5) is 5.82 Å². The summed E-state index contributed by atoms with van der Waals surface area (Å²) in [5, 5.41) is 9.22. The second-order valence-electron chi connectivity index (χ2n) is 6.58. The average Bonchev–Trinajstić information content (AvgIpc) is 2.66. The first-order chi connectivity index (χ1) is 12.6. The van der Waals surface area contributed by atoms with Gasteiger partial charge >= 0.3 is 0 Å². The van der Waals surface area contributed by atoms with Gasteiger partial charge in [0.2, 0.25) is 0 Å². The highest BCUT2D eigenvalue weighted by Crippen LogP contribution is 2.23. The van der Waals surface area contributed by atoms with Gasteiger partial charge in [-0.2, -0.15) is 5.26 Å². The molecular weight excluding hydrogens is 328 g/mol. The molecule has 6 nitrogen and oxygen atoms in total. The Morgan fingerprint density at radius 2 is 1.81 bits per heavy atom. The molecule has 0 aliphatic carbocycles. The molecule has 1 aliphatic rings. The molecule has 0 bridgehead atoms. The molecular formula is C20H22N4O2. The van der Waals surface area contributed by atoms with Gasteiger partial charge in [-0.15, -0.1) is 0 Å². The molecule has 6 heteroatoms. The van der Waals surface area contributed by atoms with Crippen molar-refractivity contribution in [3.05, 3.63) is 62.9 Å². The van der Waals surface area contributed by atoms with Crippen LogP contribution in [0.2, 0.25) is 0 Å². The Hall–Kier alpha value is -2.91. The number of hydrogen-bond donors (Lipinski definition) is 0. The highest BCUT2D eigenvalue weighted by Gasteiger charge is 2.24. The molecule has 0 radical (unpaired) electrons. The van der Waals surface area contributed by atoms with E-state index in [-0.39, 0.29) is 11.1 Å². The summed E-state index contributed by atoms with van der Waals surface area (Å²) in [5.41, 5.74) is 1.86. The fourth-order valence-corrected chi connectivity index (χ4v) is 3.52. The molecule has 1 aromatic heterocycles. The summed E-state index contributed by atoms with van der Waals surface area (Å²) in [6.07, 6.45) is 0.751. The Bertz CT molecular complexity index is 904. The van der Waals surface area contributed by atoms with E-state index >= 15 is 0 Å². The molecule has 0 amide bonds. The van der Waals surface area contributed by atoms with E-state index in [1.54, 1.807) is 14.0 Å². The van der Waals surface area contributed by atoms with Crippen LogP contribution in [0.25, 0.3) is 0 Å². The fraction of sp³-hybridized carbons (Fsp3) is 0.350. The molecule has 2 heterocycles. The molecule has 0 spiro atoms. The van der Waals surface area contributed by atoms with Gasteiger partial charge in [0.15, 0.2) is 6.29 Å². The van der Waals surface area contributed by atoms with Gasteiger partial charge in [-0.1, -0.05) is 30.3 Å². The summed E-state index contributed by atoms with van der Waals surface area (Å²) >= 11 is 0. The third-order valence-corrected chi connectivity index (χ3v) is 5.01. The maximum Gasteiger partial charge on any atom is 0.270 e. The zero-order valence-corrected chi connectivity index (χ0v) is 15.1. The van der Waals surface area contributed by atoms with Gasteiger partial charge < -0.3 is 4.90 Å². The van der Waals surface area contributed by atoms with Crippen molar-refractivity contribution in [2.75, 3.05) is 31.1 Å². The van der Waals surface area contributed by atoms with Crippen molar-refractivity contribution in [2.24, 2.45) is 7.05 Å². The fourth-order valence-electron chi connectivity index (χ4n) is 3.52. The summed E-state index contributed by atoms with van der Waals surface area (Å²) in [6.45, 7) is 5.71. The third kappa shape index (κ3) is 3.26. The molecule has 0 atom stereocenters. The summed E-state index contributed by atoms with van der Waals surface area (Å²) < 4.78 is 1.43. The average molecular weight is 350 g/mol. The van der Waals surface area contributed by atoms with Crippen LogP contribution in [0.3, 0.4) is 0 Å². The van der Waals surface area contributed by atoms with Crippen LogP contribution >= 0.6 is 0 Å². The molecule has 0 N–H and O–H groups in total. The standard InChI is InChI=1S/C20H22N4O2/c1-15-17(12-21)20(26)22(2)19(18(15)14-25)24-10-8-23(9-11-24)13-16-6-4-3-5-7-16/h3-7,14H,8-11,13H2,1-2H3. The number of carbonyl (C=O) groups is 1. The van der Waals surface area contributed by atoms with Crippen molar-refractivity contribution in [3.63, 3.8) is 0 Å². The molecule has 1 fully saturated rings. The van der Waals surface area contributed by atoms with Gasteiger partial charge in [0, 0.05) is 39.8 Å². The molecule has 26 heavy (non-hydrogen) atoms. The Labute approximate surface area is 152 Å². The lowest BCUT2D eigenvalue weighted by Crippen LogP contribution is -2.48. The van der Waals surface area contributed by atoms with Crippen LogP contribution in [0.5, 0.6) is 0 Å². The van der Waals surface area contributed by atoms with E-state index in [0.717, 1.165) is 39.0 Å². The van der Waals surface area contributed by atoms with Crippen molar-refractivity contribution in [2.45, 2.75) is 13.5 Å². The van der Waals surface area contributed by atoms with Gasteiger partial charge in [0.25, 0.3) is 5.56 Å². The van der Waals surface area contributed by atoms with E-state index in [9.17, 15) is 14.9 Å². The smallest absolute Gasteiger partial charge is 0.270 e. The van der Waals surface area contributed by atoms with Crippen molar-refractivity contribution in [1.29, 1.82) is 5.26 Å². The number of piperazine rings is 1. The Kier molecular flexibility index (Phi) is 5.19. The maximum absolute atomic E-state index is 12.4. The Morgan fingerprint density at radius 3 is 2.38 bits per heavy atom. The number of aldehydes is 1. The third-order valence-electron chi connectivity index (χ3n) is 5.01. The molecule has 1 aliphatic heterocycles. The highest BCUT2D eigenvalue weighted by atomic mass is 16.1. The second-order valence-corrected chi connectivity index (χ2v) is 6.58. The lowest BCUT2D eigenvalue weighted by atomic mass is 10.0. The molecule has 2 aromatic rings. The van der Waals surface area contributed by atoms with Crippen LogP contribution in [-0.2, 0) is 13.6 Å². The first kappa shape index (κ1) is 17.9. The number of rotatable bonds is 4.